The van der Waals surface area contributed by atoms with Crippen LogP contribution in [0.5, 0.6) is 0 Å². The van der Waals surface area contributed by atoms with E-state index in [0.29, 0.717) is 10.0 Å². The van der Waals surface area contributed by atoms with E-state index in [-0.39, 0.29) is 23.3 Å². The summed E-state index contributed by atoms with van der Waals surface area (Å²) in [5.41, 5.74) is 0.266. The number of hydrogen-bond donors (Lipinski definition) is 0. The lowest BCUT2D eigenvalue weighted by Gasteiger charge is -2.05. The summed E-state index contributed by atoms with van der Waals surface area (Å²) in [6.45, 7) is 0. The number of hydrogen-bond acceptors (Lipinski definition) is 1. The SMILES string of the molecule is O=C(Cc1cccc(F)c1F)c1cc(Cl)cc(Cl)c1. The van der Waals surface area contributed by atoms with E-state index in [4.69, 9.17) is 23.2 Å². The fourth-order valence-corrected chi connectivity index (χ4v) is 2.20. The summed E-state index contributed by atoms with van der Waals surface area (Å²) in [7, 11) is 0. The minimum atomic E-state index is -1.01. The normalized spacial score (nSPS) is 10.5. The van der Waals surface area contributed by atoms with Gasteiger partial charge in [-0.1, -0.05) is 35.3 Å². The summed E-state index contributed by atoms with van der Waals surface area (Å²) < 4.78 is 26.5. The molecule has 0 bridgehead atoms. The van der Waals surface area contributed by atoms with Crippen LogP contribution in [0.4, 0.5) is 8.78 Å². The predicted molar refractivity (Wildman–Crippen MR) is 70.9 cm³/mol. The highest BCUT2D eigenvalue weighted by atomic mass is 35.5. The van der Waals surface area contributed by atoms with E-state index in [1.54, 1.807) is 0 Å². The Morgan fingerprint density at radius 2 is 1.68 bits per heavy atom. The third-order valence-electron chi connectivity index (χ3n) is 2.57. The van der Waals surface area contributed by atoms with E-state index >= 15 is 0 Å². The van der Waals surface area contributed by atoms with Crippen LogP contribution in [0.1, 0.15) is 15.9 Å². The second-order valence-electron chi connectivity index (χ2n) is 3.97. The Labute approximate surface area is 118 Å². The van der Waals surface area contributed by atoms with Crippen molar-refractivity contribution < 1.29 is 13.6 Å². The van der Waals surface area contributed by atoms with Gasteiger partial charge in [0.1, 0.15) is 0 Å². The lowest BCUT2D eigenvalue weighted by Crippen LogP contribution is -2.06. The molecule has 0 heterocycles. The van der Waals surface area contributed by atoms with Crippen LogP contribution in [0.3, 0.4) is 0 Å². The maximum Gasteiger partial charge on any atom is 0.167 e. The molecule has 2 rings (SSSR count). The second-order valence-corrected chi connectivity index (χ2v) is 4.84. The van der Waals surface area contributed by atoms with E-state index in [0.717, 1.165) is 6.07 Å². The van der Waals surface area contributed by atoms with Crippen molar-refractivity contribution in [3.63, 3.8) is 0 Å². The summed E-state index contributed by atoms with van der Waals surface area (Å²) in [6.07, 6.45) is -0.250. The Morgan fingerprint density at radius 1 is 1.05 bits per heavy atom. The molecule has 2 aromatic carbocycles. The molecule has 0 saturated heterocycles. The van der Waals surface area contributed by atoms with Gasteiger partial charge in [-0.05, 0) is 29.8 Å². The lowest BCUT2D eigenvalue weighted by atomic mass is 10.0. The zero-order valence-electron chi connectivity index (χ0n) is 9.59. The molecule has 0 aliphatic carbocycles. The summed E-state index contributed by atoms with van der Waals surface area (Å²) >= 11 is 11.6. The van der Waals surface area contributed by atoms with Crippen LogP contribution >= 0.6 is 23.2 Å². The smallest absolute Gasteiger partial charge is 0.167 e. The summed E-state index contributed by atoms with van der Waals surface area (Å²) in [5, 5.41) is 0.631. The number of carbonyl (C=O) groups is 1. The topological polar surface area (TPSA) is 17.1 Å². The fourth-order valence-electron chi connectivity index (χ4n) is 1.67. The first-order valence-corrected chi connectivity index (χ1v) is 6.15. The van der Waals surface area contributed by atoms with Crippen molar-refractivity contribution >= 4 is 29.0 Å². The molecular formula is C14H8Cl2F2O. The van der Waals surface area contributed by atoms with Crippen LogP contribution in [-0.2, 0) is 6.42 Å². The molecule has 0 aliphatic heterocycles. The molecule has 2 aromatic rings. The highest BCUT2D eigenvalue weighted by molar-refractivity contribution is 6.35. The van der Waals surface area contributed by atoms with Gasteiger partial charge >= 0.3 is 0 Å². The number of carbonyl (C=O) groups excluding carboxylic acids is 1. The van der Waals surface area contributed by atoms with Gasteiger partial charge in [0.2, 0.25) is 0 Å². The number of benzene rings is 2. The first kappa shape index (κ1) is 14.0. The standard InChI is InChI=1S/C14H8Cl2F2O/c15-10-4-9(5-11(16)7-10)13(19)6-8-2-1-3-12(17)14(8)18/h1-5,7H,6H2. The van der Waals surface area contributed by atoms with Crippen molar-refractivity contribution in [3.8, 4) is 0 Å². The maximum atomic E-state index is 13.5. The molecule has 0 saturated carbocycles. The monoisotopic (exact) mass is 300 g/mol. The van der Waals surface area contributed by atoms with Gasteiger partial charge in [0.25, 0.3) is 0 Å². The minimum Gasteiger partial charge on any atom is -0.294 e. The second kappa shape index (κ2) is 5.68. The molecule has 0 N–H and O–H groups in total. The Kier molecular flexibility index (Phi) is 4.17. The van der Waals surface area contributed by atoms with Gasteiger partial charge in [-0.15, -0.1) is 0 Å². The van der Waals surface area contributed by atoms with Gasteiger partial charge in [-0.25, -0.2) is 8.78 Å². The van der Waals surface area contributed by atoms with Crippen LogP contribution in [0, 0.1) is 11.6 Å². The average molecular weight is 301 g/mol. The molecule has 0 unspecified atom stereocenters. The quantitative estimate of drug-likeness (QED) is 0.751. The fraction of sp³-hybridized carbons (Fsp3) is 0.0714. The highest BCUT2D eigenvalue weighted by Gasteiger charge is 2.14. The van der Waals surface area contributed by atoms with Gasteiger partial charge < -0.3 is 0 Å². The zero-order valence-corrected chi connectivity index (χ0v) is 11.1. The van der Waals surface area contributed by atoms with E-state index in [9.17, 15) is 13.6 Å². The van der Waals surface area contributed by atoms with Crippen molar-refractivity contribution in [2.75, 3.05) is 0 Å². The molecule has 0 radical (unpaired) electrons. The number of ketones is 1. The average Bonchev–Trinajstić information content (AvgIpc) is 2.33. The molecular weight excluding hydrogens is 293 g/mol. The first-order valence-electron chi connectivity index (χ1n) is 5.39. The molecule has 0 atom stereocenters. The first-order chi connectivity index (χ1) is 8.97. The largest absolute Gasteiger partial charge is 0.294 e. The van der Waals surface area contributed by atoms with E-state index in [2.05, 4.69) is 0 Å². The van der Waals surface area contributed by atoms with E-state index in [1.165, 1.54) is 30.3 Å². The molecule has 0 fully saturated rings. The van der Waals surface area contributed by atoms with Gasteiger partial charge in [0.05, 0.1) is 0 Å². The van der Waals surface area contributed by atoms with Gasteiger partial charge in [-0.2, -0.15) is 0 Å². The van der Waals surface area contributed by atoms with E-state index < -0.39 is 11.6 Å². The summed E-state index contributed by atoms with van der Waals surface area (Å²) in [4.78, 5) is 12.0. The molecule has 98 valence electrons. The molecule has 1 nitrogen and oxygen atoms in total. The lowest BCUT2D eigenvalue weighted by molar-refractivity contribution is 0.0991. The van der Waals surface area contributed by atoms with Crippen LogP contribution in [0.25, 0.3) is 0 Å². The van der Waals surface area contributed by atoms with Crippen LogP contribution in [-0.4, -0.2) is 5.78 Å². The zero-order chi connectivity index (χ0) is 14.0. The number of rotatable bonds is 3. The van der Waals surface area contributed by atoms with Crippen molar-refractivity contribution in [3.05, 3.63) is 69.2 Å². The van der Waals surface area contributed by atoms with Gasteiger partial charge in [0, 0.05) is 22.0 Å². The molecule has 0 spiro atoms. The van der Waals surface area contributed by atoms with Crippen LogP contribution < -0.4 is 0 Å². The van der Waals surface area contributed by atoms with Crippen LogP contribution in [0.2, 0.25) is 10.0 Å². The van der Waals surface area contributed by atoms with Crippen LogP contribution in [0.15, 0.2) is 36.4 Å². The Bertz CT molecular complexity index is 621. The van der Waals surface area contributed by atoms with Crippen molar-refractivity contribution in [1.29, 1.82) is 0 Å². The third-order valence-corrected chi connectivity index (χ3v) is 3.00. The third kappa shape index (κ3) is 3.31. The highest BCUT2D eigenvalue weighted by Crippen LogP contribution is 2.21. The maximum absolute atomic E-state index is 13.5. The molecule has 0 aliphatic rings. The van der Waals surface area contributed by atoms with Gasteiger partial charge in [-0.3, -0.25) is 4.79 Å². The van der Waals surface area contributed by atoms with Crippen molar-refractivity contribution in [1.82, 2.24) is 0 Å². The predicted octanol–water partition coefficient (Wildman–Crippen LogP) is 4.70. The van der Waals surface area contributed by atoms with Crippen molar-refractivity contribution in [2.24, 2.45) is 0 Å². The Balaban J connectivity index is 2.28. The summed E-state index contributed by atoms with van der Waals surface area (Å²) in [6, 6.07) is 8.08. The number of halogens is 4. The van der Waals surface area contributed by atoms with Gasteiger partial charge in [0.15, 0.2) is 17.4 Å². The van der Waals surface area contributed by atoms with Crippen molar-refractivity contribution in [2.45, 2.75) is 6.42 Å². The molecule has 19 heavy (non-hydrogen) atoms. The summed E-state index contributed by atoms with van der Waals surface area (Å²) in [5.74, 6) is -2.37. The molecule has 0 amide bonds. The molecule has 5 heteroatoms. The van der Waals surface area contributed by atoms with E-state index in [1.807, 2.05) is 0 Å². The Hall–Kier alpha value is -1.45. The number of Topliss-reactive ketones (excluding diaryl/α,β-unsaturated/α-hetero) is 1. The minimum absolute atomic E-state index is 0.00102. The Morgan fingerprint density at radius 3 is 2.32 bits per heavy atom. The molecule has 0 aromatic heterocycles.